The van der Waals surface area contributed by atoms with Crippen LogP contribution in [0.1, 0.15) is 31.0 Å². The van der Waals surface area contributed by atoms with Crippen LogP contribution in [0.5, 0.6) is 5.75 Å². The van der Waals surface area contributed by atoms with E-state index in [-0.39, 0.29) is 11.9 Å². The van der Waals surface area contributed by atoms with E-state index in [1.54, 1.807) is 4.90 Å². The Balaban J connectivity index is 1.81. The number of hydrogen-bond donors (Lipinski definition) is 0. The van der Waals surface area contributed by atoms with Gasteiger partial charge in [0.05, 0.1) is 17.6 Å². The molecule has 5 heteroatoms. The molecule has 0 saturated carbocycles. The third-order valence-electron chi connectivity index (χ3n) is 3.98. The lowest BCUT2D eigenvalue weighted by atomic mass is 10.1. The molecule has 0 radical (unpaired) electrons. The molecule has 1 aliphatic heterocycles. The molecule has 0 unspecified atom stereocenters. The molecule has 3 nitrogen and oxygen atoms in total. The highest BCUT2D eigenvalue weighted by atomic mass is 32.2. The van der Waals surface area contributed by atoms with Crippen molar-refractivity contribution >= 4 is 40.3 Å². The Hall–Kier alpha value is -2.11. The molecule has 1 atom stereocenters. The van der Waals surface area contributed by atoms with Gasteiger partial charge in [0.1, 0.15) is 10.1 Å². The maximum Gasteiger partial charge on any atom is 0.266 e. The first-order chi connectivity index (χ1) is 12.1. The smallest absolute Gasteiger partial charge is 0.266 e. The highest BCUT2D eigenvalue weighted by Crippen LogP contribution is 2.38. The van der Waals surface area contributed by atoms with Crippen LogP contribution in [0.15, 0.2) is 59.5 Å². The topological polar surface area (TPSA) is 29.5 Å². The zero-order chi connectivity index (χ0) is 17.8. The highest BCUT2D eigenvalue weighted by Gasteiger charge is 2.35. The summed E-state index contributed by atoms with van der Waals surface area (Å²) >= 11 is 6.80. The molecule has 0 aromatic heterocycles. The van der Waals surface area contributed by atoms with Gasteiger partial charge in [-0.15, -0.1) is 0 Å². The van der Waals surface area contributed by atoms with Crippen LogP contribution in [0.2, 0.25) is 0 Å². The van der Waals surface area contributed by atoms with Crippen molar-refractivity contribution in [2.24, 2.45) is 0 Å². The van der Waals surface area contributed by atoms with Gasteiger partial charge in [-0.3, -0.25) is 9.69 Å². The van der Waals surface area contributed by atoms with Crippen LogP contribution < -0.4 is 4.74 Å². The van der Waals surface area contributed by atoms with Crippen LogP contribution in [0.4, 0.5) is 0 Å². The fourth-order valence-corrected chi connectivity index (χ4v) is 4.09. The maximum absolute atomic E-state index is 12.8. The quantitative estimate of drug-likeness (QED) is 0.545. The summed E-state index contributed by atoms with van der Waals surface area (Å²) in [6.07, 6.45) is 1.88. The predicted octanol–water partition coefficient (Wildman–Crippen LogP) is 5.05. The second-order valence-corrected chi connectivity index (χ2v) is 7.32. The van der Waals surface area contributed by atoms with Gasteiger partial charge in [-0.2, -0.15) is 0 Å². The molecule has 2 aromatic rings. The number of ether oxygens (including phenoxy) is 1. The van der Waals surface area contributed by atoms with Gasteiger partial charge < -0.3 is 4.74 Å². The zero-order valence-electron chi connectivity index (χ0n) is 14.1. The van der Waals surface area contributed by atoms with Crippen LogP contribution in [-0.2, 0) is 4.79 Å². The first-order valence-electron chi connectivity index (χ1n) is 8.15. The molecule has 3 rings (SSSR count). The fourth-order valence-electron chi connectivity index (χ4n) is 2.67. The molecular weight excluding hydrogens is 350 g/mol. The third-order valence-corrected chi connectivity index (χ3v) is 5.31. The van der Waals surface area contributed by atoms with Crippen LogP contribution in [0.25, 0.3) is 6.08 Å². The van der Waals surface area contributed by atoms with Crippen molar-refractivity contribution in [2.45, 2.75) is 19.9 Å². The Kier molecular flexibility index (Phi) is 5.56. The molecule has 0 aliphatic carbocycles. The summed E-state index contributed by atoms with van der Waals surface area (Å²) in [6, 6.07) is 17.5. The SMILES string of the molecule is CCOc1ccc(/C=C2\SC(=S)N([C@@H](C)c3ccccc3)C2=O)cc1. The summed E-state index contributed by atoms with van der Waals surface area (Å²) < 4.78 is 6.04. The number of rotatable bonds is 5. The minimum atomic E-state index is -0.0834. The Labute approximate surface area is 157 Å². The molecule has 1 heterocycles. The van der Waals surface area contributed by atoms with E-state index in [4.69, 9.17) is 17.0 Å². The predicted molar refractivity (Wildman–Crippen MR) is 107 cm³/mol. The Bertz CT molecular complexity index is 800. The first kappa shape index (κ1) is 17.7. The third kappa shape index (κ3) is 3.94. The van der Waals surface area contributed by atoms with Gasteiger partial charge in [0.25, 0.3) is 5.91 Å². The van der Waals surface area contributed by atoms with E-state index < -0.39 is 0 Å². The van der Waals surface area contributed by atoms with E-state index >= 15 is 0 Å². The van der Waals surface area contributed by atoms with Crippen molar-refractivity contribution < 1.29 is 9.53 Å². The molecule has 0 spiro atoms. The van der Waals surface area contributed by atoms with Crippen molar-refractivity contribution in [2.75, 3.05) is 6.61 Å². The molecule has 1 saturated heterocycles. The molecule has 1 amide bonds. The van der Waals surface area contributed by atoms with Gasteiger partial charge in [0.2, 0.25) is 0 Å². The molecule has 25 heavy (non-hydrogen) atoms. The molecule has 1 aliphatic rings. The minimum Gasteiger partial charge on any atom is -0.494 e. The van der Waals surface area contributed by atoms with E-state index in [1.807, 2.05) is 74.5 Å². The van der Waals surface area contributed by atoms with E-state index in [0.29, 0.717) is 15.8 Å². The van der Waals surface area contributed by atoms with Crippen molar-refractivity contribution in [1.82, 2.24) is 4.90 Å². The molecule has 0 N–H and O–H groups in total. The van der Waals surface area contributed by atoms with Gasteiger partial charge in [-0.25, -0.2) is 0 Å². The van der Waals surface area contributed by atoms with Gasteiger partial charge in [0.15, 0.2) is 0 Å². The number of carbonyl (C=O) groups excluding carboxylic acids is 1. The molecule has 0 bridgehead atoms. The van der Waals surface area contributed by atoms with E-state index in [9.17, 15) is 4.79 Å². The minimum absolute atomic E-state index is 0.0414. The molecule has 1 fully saturated rings. The van der Waals surface area contributed by atoms with Crippen molar-refractivity contribution in [3.8, 4) is 5.75 Å². The van der Waals surface area contributed by atoms with Gasteiger partial charge in [0, 0.05) is 0 Å². The number of amides is 1. The van der Waals surface area contributed by atoms with Gasteiger partial charge in [-0.05, 0) is 43.2 Å². The summed E-state index contributed by atoms with van der Waals surface area (Å²) in [5.74, 6) is 0.783. The lowest BCUT2D eigenvalue weighted by Crippen LogP contribution is -2.30. The number of thiocarbonyl (C=S) groups is 1. The number of thioether (sulfide) groups is 1. The fraction of sp³-hybridized carbons (Fsp3) is 0.200. The summed E-state index contributed by atoms with van der Waals surface area (Å²) in [6.45, 7) is 4.59. The van der Waals surface area contributed by atoms with Crippen LogP contribution in [-0.4, -0.2) is 21.7 Å². The molecule has 2 aromatic carbocycles. The lowest BCUT2D eigenvalue weighted by molar-refractivity contribution is -0.123. The average Bonchev–Trinajstić information content (AvgIpc) is 2.90. The summed E-state index contributed by atoms with van der Waals surface area (Å²) in [5, 5.41) is 0. The lowest BCUT2D eigenvalue weighted by Gasteiger charge is -2.23. The number of benzene rings is 2. The zero-order valence-corrected chi connectivity index (χ0v) is 15.8. The normalized spacial score (nSPS) is 17.2. The Morgan fingerprint density at radius 2 is 1.84 bits per heavy atom. The summed E-state index contributed by atoms with van der Waals surface area (Å²) in [7, 11) is 0. The number of nitrogens with zero attached hydrogens (tertiary/aromatic N) is 1. The molecular formula is C20H19NO2S2. The van der Waals surface area contributed by atoms with E-state index in [1.165, 1.54) is 11.8 Å². The Morgan fingerprint density at radius 1 is 1.16 bits per heavy atom. The van der Waals surface area contributed by atoms with Crippen molar-refractivity contribution in [1.29, 1.82) is 0 Å². The summed E-state index contributed by atoms with van der Waals surface area (Å²) in [4.78, 5) is 15.2. The second-order valence-electron chi connectivity index (χ2n) is 5.64. The van der Waals surface area contributed by atoms with Crippen LogP contribution >= 0.6 is 24.0 Å². The van der Waals surface area contributed by atoms with Crippen molar-refractivity contribution in [3.05, 3.63) is 70.6 Å². The summed E-state index contributed by atoms with van der Waals surface area (Å²) in [5.41, 5.74) is 2.03. The maximum atomic E-state index is 12.8. The second kappa shape index (κ2) is 7.85. The van der Waals surface area contributed by atoms with Crippen molar-refractivity contribution in [3.63, 3.8) is 0 Å². The van der Waals surface area contributed by atoms with E-state index in [2.05, 4.69) is 0 Å². The van der Waals surface area contributed by atoms with Gasteiger partial charge >= 0.3 is 0 Å². The molecule has 128 valence electrons. The first-order valence-corrected chi connectivity index (χ1v) is 9.37. The monoisotopic (exact) mass is 369 g/mol. The van der Waals surface area contributed by atoms with Crippen LogP contribution in [0, 0.1) is 0 Å². The average molecular weight is 370 g/mol. The highest BCUT2D eigenvalue weighted by molar-refractivity contribution is 8.26. The largest absolute Gasteiger partial charge is 0.494 e. The van der Waals surface area contributed by atoms with E-state index in [0.717, 1.165) is 16.9 Å². The van der Waals surface area contributed by atoms with Crippen LogP contribution in [0.3, 0.4) is 0 Å². The number of hydrogen-bond acceptors (Lipinski definition) is 4. The number of carbonyl (C=O) groups is 1. The Morgan fingerprint density at radius 3 is 2.48 bits per heavy atom. The van der Waals surface area contributed by atoms with Gasteiger partial charge in [-0.1, -0.05) is 66.4 Å². The standard InChI is InChI=1S/C20H19NO2S2/c1-3-23-17-11-9-15(10-12-17)13-18-19(22)21(20(24)25-18)14(2)16-7-5-4-6-8-16/h4-14H,3H2,1-2H3/b18-13-/t14-/m0/s1.